The average Bonchev–Trinajstić information content (AvgIpc) is 3.12. The highest BCUT2D eigenvalue weighted by atomic mass is 35.5. The Bertz CT molecular complexity index is 917. The van der Waals surface area contributed by atoms with E-state index in [1.807, 2.05) is 44.2 Å². The Hall–Kier alpha value is -2.86. The predicted octanol–water partition coefficient (Wildman–Crippen LogP) is 4.69. The molecule has 0 fully saturated rings. The molecule has 0 saturated heterocycles. The van der Waals surface area contributed by atoms with Crippen LogP contribution in [0.3, 0.4) is 0 Å². The Labute approximate surface area is 162 Å². The zero-order valence-corrected chi connectivity index (χ0v) is 16.0. The fraction of sp³-hybridized carbons (Fsp3) is 0.250. The van der Waals surface area contributed by atoms with E-state index in [-0.39, 0.29) is 12.5 Å². The molecule has 1 aromatic heterocycles. The third-order valence-corrected chi connectivity index (χ3v) is 4.10. The summed E-state index contributed by atoms with van der Waals surface area (Å²) in [7, 11) is 0. The second-order valence-electron chi connectivity index (χ2n) is 6.10. The first-order chi connectivity index (χ1) is 12.9. The molecule has 6 nitrogen and oxygen atoms in total. The standard InChI is InChI=1S/C20H19ClN2O4/c1-12-9-16(21)10-13(2)18(12)25-11-17(24)26-14(3)19-22-23-20(27-19)15-7-5-4-6-8-15/h4-10,14H,11H2,1-3H3/t14-/m0/s1. The third kappa shape index (κ3) is 4.65. The number of halogens is 1. The van der Waals surface area contributed by atoms with Crippen molar-refractivity contribution in [3.05, 3.63) is 64.5 Å². The number of rotatable bonds is 6. The van der Waals surface area contributed by atoms with E-state index in [1.54, 1.807) is 19.1 Å². The van der Waals surface area contributed by atoms with Crippen LogP contribution in [0.2, 0.25) is 5.02 Å². The van der Waals surface area contributed by atoms with Crippen molar-refractivity contribution in [2.24, 2.45) is 0 Å². The van der Waals surface area contributed by atoms with Crippen LogP contribution in [0.1, 0.15) is 30.0 Å². The molecule has 0 amide bonds. The summed E-state index contributed by atoms with van der Waals surface area (Å²) in [5, 5.41) is 8.56. The minimum absolute atomic E-state index is 0.223. The smallest absolute Gasteiger partial charge is 0.344 e. The molecule has 0 radical (unpaired) electrons. The molecule has 0 aliphatic heterocycles. The molecule has 140 valence electrons. The van der Waals surface area contributed by atoms with Crippen molar-refractivity contribution in [1.82, 2.24) is 10.2 Å². The van der Waals surface area contributed by atoms with Gasteiger partial charge >= 0.3 is 5.97 Å². The molecule has 0 N–H and O–H groups in total. The van der Waals surface area contributed by atoms with Gasteiger partial charge in [-0.15, -0.1) is 10.2 Å². The Morgan fingerprint density at radius 2 is 1.81 bits per heavy atom. The van der Waals surface area contributed by atoms with Crippen LogP contribution < -0.4 is 4.74 Å². The highest BCUT2D eigenvalue weighted by Gasteiger charge is 2.19. The highest BCUT2D eigenvalue weighted by Crippen LogP contribution is 2.27. The summed E-state index contributed by atoms with van der Waals surface area (Å²) in [6.45, 7) is 5.17. The molecule has 0 spiro atoms. The van der Waals surface area contributed by atoms with Gasteiger partial charge in [-0.2, -0.15) is 0 Å². The number of esters is 1. The van der Waals surface area contributed by atoms with Crippen molar-refractivity contribution < 1.29 is 18.7 Å². The van der Waals surface area contributed by atoms with Crippen LogP contribution in [0, 0.1) is 13.8 Å². The van der Waals surface area contributed by atoms with Crippen molar-refractivity contribution in [2.75, 3.05) is 6.61 Å². The Morgan fingerprint density at radius 1 is 1.15 bits per heavy atom. The SMILES string of the molecule is Cc1cc(Cl)cc(C)c1OCC(=O)O[C@@H](C)c1nnc(-c2ccccc2)o1. The quantitative estimate of drug-likeness (QED) is 0.572. The first-order valence-electron chi connectivity index (χ1n) is 8.42. The maximum absolute atomic E-state index is 12.1. The summed E-state index contributed by atoms with van der Waals surface area (Å²) < 4.78 is 16.5. The van der Waals surface area contributed by atoms with Gasteiger partial charge in [-0.25, -0.2) is 4.79 Å². The number of benzene rings is 2. The van der Waals surface area contributed by atoms with Crippen molar-refractivity contribution in [3.63, 3.8) is 0 Å². The van der Waals surface area contributed by atoms with E-state index < -0.39 is 12.1 Å². The fourth-order valence-electron chi connectivity index (χ4n) is 2.63. The molecule has 2 aromatic carbocycles. The topological polar surface area (TPSA) is 74.5 Å². The molecule has 1 atom stereocenters. The van der Waals surface area contributed by atoms with E-state index in [0.717, 1.165) is 16.7 Å². The molecule has 0 aliphatic carbocycles. The van der Waals surface area contributed by atoms with Gasteiger partial charge in [0.2, 0.25) is 5.89 Å². The summed E-state index contributed by atoms with van der Waals surface area (Å²) in [6, 6.07) is 12.9. The number of aryl methyl sites for hydroxylation is 2. The Kier molecular flexibility index (Phi) is 5.76. The lowest BCUT2D eigenvalue weighted by atomic mass is 10.1. The molecule has 0 bridgehead atoms. The van der Waals surface area contributed by atoms with Gasteiger partial charge < -0.3 is 13.9 Å². The number of carbonyl (C=O) groups excluding carboxylic acids is 1. The summed E-state index contributed by atoms with van der Waals surface area (Å²) in [5.41, 5.74) is 2.50. The van der Waals surface area contributed by atoms with Gasteiger partial charge in [-0.1, -0.05) is 29.8 Å². The number of hydrogen-bond donors (Lipinski definition) is 0. The largest absolute Gasteiger partial charge is 0.481 e. The lowest BCUT2D eigenvalue weighted by molar-refractivity contribution is -0.152. The average molecular weight is 387 g/mol. The van der Waals surface area contributed by atoms with E-state index in [1.165, 1.54) is 0 Å². The van der Waals surface area contributed by atoms with Crippen LogP contribution >= 0.6 is 11.6 Å². The molecule has 0 aliphatic rings. The van der Waals surface area contributed by atoms with Gasteiger partial charge in [0.25, 0.3) is 5.89 Å². The van der Waals surface area contributed by atoms with Gasteiger partial charge in [0, 0.05) is 10.6 Å². The third-order valence-electron chi connectivity index (χ3n) is 3.88. The van der Waals surface area contributed by atoms with Crippen LogP contribution in [-0.2, 0) is 9.53 Å². The van der Waals surface area contributed by atoms with E-state index >= 15 is 0 Å². The number of ether oxygens (including phenoxy) is 2. The minimum atomic E-state index is -0.682. The lowest BCUT2D eigenvalue weighted by Gasteiger charge is -2.13. The van der Waals surface area contributed by atoms with Gasteiger partial charge in [0.05, 0.1) is 0 Å². The van der Waals surface area contributed by atoms with Crippen molar-refractivity contribution in [2.45, 2.75) is 26.9 Å². The summed E-state index contributed by atoms with van der Waals surface area (Å²) in [4.78, 5) is 12.1. The Balaban J connectivity index is 1.59. The zero-order valence-electron chi connectivity index (χ0n) is 15.2. The molecule has 0 saturated carbocycles. The maximum atomic E-state index is 12.1. The van der Waals surface area contributed by atoms with Crippen molar-refractivity contribution >= 4 is 17.6 Å². The normalized spacial score (nSPS) is 11.9. The van der Waals surface area contributed by atoms with Gasteiger partial charge in [-0.05, 0) is 56.2 Å². The van der Waals surface area contributed by atoms with Crippen LogP contribution in [-0.4, -0.2) is 22.8 Å². The fourth-order valence-corrected chi connectivity index (χ4v) is 2.96. The lowest BCUT2D eigenvalue weighted by Crippen LogP contribution is -2.17. The van der Waals surface area contributed by atoms with Gasteiger partial charge in [0.15, 0.2) is 12.7 Å². The van der Waals surface area contributed by atoms with Crippen molar-refractivity contribution in [3.8, 4) is 17.2 Å². The first-order valence-corrected chi connectivity index (χ1v) is 8.79. The molecule has 7 heteroatoms. The Morgan fingerprint density at radius 3 is 2.48 bits per heavy atom. The molecular formula is C20H19ClN2O4. The van der Waals surface area contributed by atoms with Crippen LogP contribution in [0.15, 0.2) is 46.9 Å². The summed E-state index contributed by atoms with van der Waals surface area (Å²) in [5.74, 6) is 0.682. The monoisotopic (exact) mass is 386 g/mol. The van der Waals surface area contributed by atoms with Gasteiger partial charge in [0.1, 0.15) is 5.75 Å². The predicted molar refractivity (Wildman–Crippen MR) is 101 cm³/mol. The molecule has 27 heavy (non-hydrogen) atoms. The first kappa shape index (κ1) is 18.9. The van der Waals surface area contributed by atoms with E-state index in [0.29, 0.717) is 16.7 Å². The number of hydrogen-bond acceptors (Lipinski definition) is 6. The van der Waals surface area contributed by atoms with E-state index in [9.17, 15) is 4.79 Å². The summed E-state index contributed by atoms with van der Waals surface area (Å²) in [6.07, 6.45) is -0.682. The summed E-state index contributed by atoms with van der Waals surface area (Å²) >= 11 is 6.00. The van der Waals surface area contributed by atoms with Crippen LogP contribution in [0.25, 0.3) is 11.5 Å². The maximum Gasteiger partial charge on any atom is 0.344 e. The highest BCUT2D eigenvalue weighted by molar-refractivity contribution is 6.30. The second kappa shape index (κ2) is 8.22. The second-order valence-corrected chi connectivity index (χ2v) is 6.54. The van der Waals surface area contributed by atoms with E-state index in [4.69, 9.17) is 25.5 Å². The minimum Gasteiger partial charge on any atom is -0.481 e. The molecule has 3 aromatic rings. The van der Waals surface area contributed by atoms with E-state index in [2.05, 4.69) is 10.2 Å². The van der Waals surface area contributed by atoms with Gasteiger partial charge in [-0.3, -0.25) is 0 Å². The van der Waals surface area contributed by atoms with Crippen LogP contribution in [0.5, 0.6) is 5.75 Å². The molecule has 3 rings (SSSR count). The molecule has 0 unspecified atom stereocenters. The molecular weight excluding hydrogens is 368 g/mol. The molecule has 1 heterocycles. The number of carbonyl (C=O) groups is 1. The van der Waals surface area contributed by atoms with Crippen molar-refractivity contribution in [1.29, 1.82) is 0 Å². The zero-order chi connectivity index (χ0) is 19.4. The number of aromatic nitrogens is 2. The van der Waals surface area contributed by atoms with Crippen LogP contribution in [0.4, 0.5) is 0 Å². The number of nitrogens with zero attached hydrogens (tertiary/aromatic N) is 2.